The van der Waals surface area contributed by atoms with E-state index in [9.17, 15) is 13.2 Å². The Kier molecular flexibility index (Phi) is 6.89. The fourth-order valence-corrected chi connectivity index (χ4v) is 4.67. The van der Waals surface area contributed by atoms with Crippen LogP contribution in [0.5, 0.6) is 0 Å². The van der Waals surface area contributed by atoms with Crippen LogP contribution in [0.15, 0.2) is 48.5 Å². The van der Waals surface area contributed by atoms with Crippen LogP contribution in [0.4, 0.5) is 0 Å². The van der Waals surface area contributed by atoms with Gasteiger partial charge in [-0.25, -0.2) is 18.1 Å². The van der Waals surface area contributed by atoms with E-state index >= 15 is 0 Å². The number of aromatic nitrogens is 3. The van der Waals surface area contributed by atoms with E-state index in [2.05, 4.69) is 15.4 Å². The molecule has 0 spiro atoms. The SMILES string of the molecule is Cc1cc(C)n(-c2ccc(Cl)c(C(=O)NCCCS(=O)(=O)Cc3ccccc3)n2)n1. The van der Waals surface area contributed by atoms with Crippen LogP contribution >= 0.6 is 11.6 Å². The lowest BCUT2D eigenvalue weighted by atomic mass is 10.2. The summed E-state index contributed by atoms with van der Waals surface area (Å²) in [6.07, 6.45) is 0.301. The average molecular weight is 447 g/mol. The second kappa shape index (κ2) is 9.40. The number of nitrogens with one attached hydrogen (secondary N) is 1. The Hall–Kier alpha value is -2.71. The molecule has 30 heavy (non-hydrogen) atoms. The molecule has 0 saturated carbocycles. The van der Waals surface area contributed by atoms with Gasteiger partial charge in [-0.15, -0.1) is 0 Å². The van der Waals surface area contributed by atoms with Crippen molar-refractivity contribution in [3.63, 3.8) is 0 Å². The van der Waals surface area contributed by atoms with E-state index in [4.69, 9.17) is 11.6 Å². The van der Waals surface area contributed by atoms with Crippen LogP contribution in [-0.4, -0.2) is 41.4 Å². The molecule has 0 bridgehead atoms. The Bertz CT molecular complexity index is 1140. The molecule has 2 aromatic heterocycles. The van der Waals surface area contributed by atoms with E-state index in [1.165, 1.54) is 0 Å². The number of pyridine rings is 1. The van der Waals surface area contributed by atoms with Gasteiger partial charge < -0.3 is 5.32 Å². The molecule has 1 N–H and O–H groups in total. The maximum Gasteiger partial charge on any atom is 0.271 e. The Labute approximate surface area is 181 Å². The van der Waals surface area contributed by atoms with Crippen LogP contribution in [0.3, 0.4) is 0 Å². The molecule has 0 unspecified atom stereocenters. The molecule has 158 valence electrons. The standard InChI is InChI=1S/C21H23ClN4O3S/c1-15-13-16(2)26(25-15)19-10-9-18(22)20(24-19)21(27)23-11-6-12-30(28,29)14-17-7-4-3-5-8-17/h3-5,7-10,13H,6,11-12,14H2,1-2H3,(H,23,27). The number of amides is 1. The average Bonchev–Trinajstić information content (AvgIpc) is 3.04. The summed E-state index contributed by atoms with van der Waals surface area (Å²) >= 11 is 6.15. The van der Waals surface area contributed by atoms with Crippen LogP contribution in [-0.2, 0) is 15.6 Å². The third-order valence-corrected chi connectivity index (χ3v) is 6.41. The summed E-state index contributed by atoms with van der Waals surface area (Å²) in [7, 11) is -3.26. The van der Waals surface area contributed by atoms with Crippen LogP contribution in [0.2, 0.25) is 5.02 Å². The van der Waals surface area contributed by atoms with E-state index in [-0.39, 0.29) is 28.8 Å². The molecule has 2 heterocycles. The number of hydrogen-bond acceptors (Lipinski definition) is 5. The van der Waals surface area contributed by atoms with Crippen molar-refractivity contribution in [2.45, 2.75) is 26.0 Å². The number of carbonyl (C=O) groups is 1. The summed E-state index contributed by atoms with van der Waals surface area (Å²) in [4.78, 5) is 16.9. The Morgan fingerprint density at radius 1 is 1.13 bits per heavy atom. The molecule has 1 aromatic carbocycles. The fourth-order valence-electron chi connectivity index (χ4n) is 3.05. The number of hydrogen-bond donors (Lipinski definition) is 1. The van der Waals surface area contributed by atoms with Crippen molar-refractivity contribution < 1.29 is 13.2 Å². The molecule has 7 nitrogen and oxygen atoms in total. The first kappa shape index (κ1) is 22.0. The zero-order valence-electron chi connectivity index (χ0n) is 16.8. The van der Waals surface area contributed by atoms with Crippen molar-refractivity contribution in [1.82, 2.24) is 20.1 Å². The molecule has 0 aliphatic carbocycles. The van der Waals surface area contributed by atoms with Gasteiger partial charge in [0.1, 0.15) is 5.69 Å². The van der Waals surface area contributed by atoms with Gasteiger partial charge in [-0.3, -0.25) is 4.79 Å². The second-order valence-corrected chi connectivity index (χ2v) is 9.62. The zero-order valence-corrected chi connectivity index (χ0v) is 18.4. The van der Waals surface area contributed by atoms with Gasteiger partial charge in [-0.2, -0.15) is 5.10 Å². The van der Waals surface area contributed by atoms with Crippen LogP contribution < -0.4 is 5.32 Å². The predicted octanol–water partition coefficient (Wildman–Crippen LogP) is 3.27. The number of sulfone groups is 1. The molecule has 9 heteroatoms. The van der Waals surface area contributed by atoms with Gasteiger partial charge in [0, 0.05) is 12.2 Å². The molecule has 0 atom stereocenters. The van der Waals surface area contributed by atoms with E-state index in [0.29, 0.717) is 12.2 Å². The first-order valence-corrected chi connectivity index (χ1v) is 11.7. The van der Waals surface area contributed by atoms with E-state index < -0.39 is 15.7 Å². The third-order valence-electron chi connectivity index (χ3n) is 4.42. The third kappa shape index (κ3) is 5.67. The largest absolute Gasteiger partial charge is 0.351 e. The van der Waals surface area contributed by atoms with Crippen LogP contribution in [0.1, 0.15) is 33.9 Å². The minimum atomic E-state index is -3.26. The van der Waals surface area contributed by atoms with Gasteiger partial charge in [-0.05, 0) is 44.0 Å². The number of rotatable bonds is 8. The number of halogens is 1. The van der Waals surface area contributed by atoms with Crippen molar-refractivity contribution in [2.75, 3.05) is 12.3 Å². The Balaban J connectivity index is 1.58. The van der Waals surface area contributed by atoms with Gasteiger partial charge in [0.25, 0.3) is 5.91 Å². The monoisotopic (exact) mass is 446 g/mol. The normalized spacial score (nSPS) is 11.4. The highest BCUT2D eigenvalue weighted by Gasteiger charge is 2.16. The molecule has 0 aliphatic heterocycles. The lowest BCUT2D eigenvalue weighted by Crippen LogP contribution is -2.27. The maximum absolute atomic E-state index is 12.5. The first-order chi connectivity index (χ1) is 14.2. The Morgan fingerprint density at radius 3 is 2.53 bits per heavy atom. The molecular weight excluding hydrogens is 424 g/mol. The van der Waals surface area contributed by atoms with Gasteiger partial charge in [0.2, 0.25) is 0 Å². The smallest absolute Gasteiger partial charge is 0.271 e. The highest BCUT2D eigenvalue weighted by molar-refractivity contribution is 7.90. The number of aryl methyl sites for hydroxylation is 2. The zero-order chi connectivity index (χ0) is 21.7. The van der Waals surface area contributed by atoms with Crippen LogP contribution in [0.25, 0.3) is 5.82 Å². The highest BCUT2D eigenvalue weighted by atomic mass is 35.5. The van der Waals surface area contributed by atoms with Gasteiger partial charge in [0.15, 0.2) is 15.7 Å². The summed E-state index contributed by atoms with van der Waals surface area (Å²) in [6, 6.07) is 14.2. The molecule has 0 aliphatic rings. The fraction of sp³-hybridized carbons (Fsp3) is 0.286. The number of nitrogens with zero attached hydrogens (tertiary/aromatic N) is 3. The van der Waals surface area contributed by atoms with Crippen molar-refractivity contribution in [2.24, 2.45) is 0 Å². The van der Waals surface area contributed by atoms with E-state index in [0.717, 1.165) is 17.0 Å². The summed E-state index contributed by atoms with van der Waals surface area (Å²) in [5, 5.41) is 7.27. The van der Waals surface area contributed by atoms with Crippen molar-refractivity contribution in [3.8, 4) is 5.82 Å². The summed E-state index contributed by atoms with van der Waals surface area (Å²) in [6.45, 7) is 3.97. The lowest BCUT2D eigenvalue weighted by Gasteiger charge is -2.09. The molecule has 0 saturated heterocycles. The molecule has 0 fully saturated rings. The minimum absolute atomic E-state index is 0.0140. The molecule has 1 amide bonds. The second-order valence-electron chi connectivity index (χ2n) is 7.03. The predicted molar refractivity (Wildman–Crippen MR) is 117 cm³/mol. The summed E-state index contributed by atoms with van der Waals surface area (Å²) in [5.74, 6) is -0.000874. The summed E-state index contributed by atoms with van der Waals surface area (Å²) in [5.41, 5.74) is 2.55. The topological polar surface area (TPSA) is 94.0 Å². The lowest BCUT2D eigenvalue weighted by molar-refractivity contribution is 0.0949. The number of benzene rings is 1. The molecule has 3 aromatic rings. The Morgan fingerprint density at radius 2 is 1.87 bits per heavy atom. The van der Waals surface area contributed by atoms with Gasteiger partial charge >= 0.3 is 0 Å². The molecular formula is C21H23ClN4O3S. The minimum Gasteiger partial charge on any atom is -0.351 e. The van der Waals surface area contributed by atoms with E-state index in [1.807, 2.05) is 38.1 Å². The number of carbonyl (C=O) groups excluding carboxylic acids is 1. The van der Waals surface area contributed by atoms with Gasteiger partial charge in [-0.1, -0.05) is 41.9 Å². The first-order valence-electron chi connectivity index (χ1n) is 9.48. The van der Waals surface area contributed by atoms with Gasteiger partial charge in [0.05, 0.1) is 22.2 Å². The molecule has 3 rings (SSSR count). The van der Waals surface area contributed by atoms with Crippen molar-refractivity contribution >= 4 is 27.3 Å². The van der Waals surface area contributed by atoms with Crippen molar-refractivity contribution in [3.05, 3.63) is 76.2 Å². The summed E-state index contributed by atoms with van der Waals surface area (Å²) < 4.78 is 26.1. The van der Waals surface area contributed by atoms with Crippen LogP contribution in [0, 0.1) is 13.8 Å². The van der Waals surface area contributed by atoms with Crippen molar-refractivity contribution in [1.29, 1.82) is 0 Å². The van der Waals surface area contributed by atoms with E-state index in [1.54, 1.807) is 28.9 Å². The molecule has 0 radical (unpaired) electrons. The quantitative estimate of drug-likeness (QED) is 0.536. The highest BCUT2D eigenvalue weighted by Crippen LogP contribution is 2.18. The maximum atomic E-state index is 12.5.